The molecule has 1 aromatic rings. The van der Waals surface area contributed by atoms with Crippen LogP contribution in [0.25, 0.3) is 0 Å². The topological polar surface area (TPSA) is 26.0 Å². The molecule has 0 heterocycles. The van der Waals surface area contributed by atoms with Crippen molar-refractivity contribution in [3.63, 3.8) is 0 Å². The van der Waals surface area contributed by atoms with Gasteiger partial charge in [0, 0.05) is 6.04 Å². The van der Waals surface area contributed by atoms with E-state index >= 15 is 0 Å². The predicted molar refractivity (Wildman–Crippen MR) is 64.5 cm³/mol. The number of halogens is 2. The summed E-state index contributed by atoms with van der Waals surface area (Å²) in [5.74, 6) is -0.362. The second-order valence-corrected chi connectivity index (χ2v) is 5.26. The predicted octanol–water partition coefficient (Wildman–Crippen LogP) is 3.27. The summed E-state index contributed by atoms with van der Waals surface area (Å²) in [5, 5.41) is 0. The third-order valence-corrected chi connectivity index (χ3v) is 3.83. The van der Waals surface area contributed by atoms with Gasteiger partial charge in [-0.2, -0.15) is 0 Å². The van der Waals surface area contributed by atoms with Gasteiger partial charge >= 0.3 is 0 Å². The van der Waals surface area contributed by atoms with Crippen LogP contribution in [0.1, 0.15) is 31.7 Å². The van der Waals surface area contributed by atoms with E-state index in [-0.39, 0.29) is 6.04 Å². The lowest BCUT2D eigenvalue weighted by Gasteiger charge is -2.19. The third-order valence-electron chi connectivity index (χ3n) is 3.83. The van der Waals surface area contributed by atoms with Crippen molar-refractivity contribution in [2.24, 2.45) is 17.6 Å². The highest BCUT2D eigenvalue weighted by molar-refractivity contribution is 5.20. The molecule has 1 aromatic carbocycles. The normalized spacial score (nSPS) is 26.1. The van der Waals surface area contributed by atoms with Gasteiger partial charge in [0.05, 0.1) is 0 Å². The largest absolute Gasteiger partial charge is 0.327 e. The molecule has 2 rings (SSSR count). The van der Waals surface area contributed by atoms with Crippen LogP contribution in [0.5, 0.6) is 0 Å². The zero-order chi connectivity index (χ0) is 12.4. The Morgan fingerprint density at radius 3 is 2.76 bits per heavy atom. The Hall–Kier alpha value is -0.960. The molecule has 1 fully saturated rings. The molecule has 3 atom stereocenters. The lowest BCUT2D eigenvalue weighted by molar-refractivity contribution is 0.406. The van der Waals surface area contributed by atoms with Crippen molar-refractivity contribution >= 4 is 0 Å². The minimum absolute atomic E-state index is 0.0590. The molecule has 3 heteroatoms. The maximum Gasteiger partial charge on any atom is 0.162 e. The van der Waals surface area contributed by atoms with Gasteiger partial charge < -0.3 is 5.73 Å². The lowest BCUT2D eigenvalue weighted by atomic mass is 9.92. The third kappa shape index (κ3) is 2.83. The summed E-state index contributed by atoms with van der Waals surface area (Å²) in [6, 6.07) is 4.24. The van der Waals surface area contributed by atoms with Gasteiger partial charge in [0.1, 0.15) is 0 Å². The van der Waals surface area contributed by atoms with Gasteiger partial charge in [-0.05, 0) is 42.7 Å². The first-order chi connectivity index (χ1) is 8.08. The average Bonchev–Trinajstić information content (AvgIpc) is 2.72. The van der Waals surface area contributed by atoms with E-state index in [1.165, 1.54) is 12.5 Å². The molecular formula is C14H19F2N. The van der Waals surface area contributed by atoms with Gasteiger partial charge in [0.15, 0.2) is 11.6 Å². The Kier molecular flexibility index (Phi) is 3.77. The monoisotopic (exact) mass is 239 g/mol. The number of hydrogen-bond donors (Lipinski definition) is 1. The molecule has 1 saturated carbocycles. The molecule has 1 aliphatic rings. The molecule has 3 unspecified atom stereocenters. The highest BCUT2D eigenvalue weighted by Gasteiger charge is 2.27. The molecular weight excluding hydrogens is 220 g/mol. The van der Waals surface area contributed by atoms with Crippen molar-refractivity contribution in [3.8, 4) is 0 Å². The van der Waals surface area contributed by atoms with E-state index in [0.717, 1.165) is 18.9 Å². The summed E-state index contributed by atoms with van der Waals surface area (Å²) in [6.07, 6.45) is 3.85. The highest BCUT2D eigenvalue weighted by atomic mass is 19.2. The van der Waals surface area contributed by atoms with Crippen LogP contribution in [0.2, 0.25) is 0 Å². The van der Waals surface area contributed by atoms with E-state index < -0.39 is 11.6 Å². The van der Waals surface area contributed by atoms with Gasteiger partial charge in [-0.3, -0.25) is 0 Å². The number of nitrogens with two attached hydrogens (primary N) is 1. The summed E-state index contributed by atoms with van der Waals surface area (Å²) >= 11 is 0. The van der Waals surface area contributed by atoms with Crippen molar-refractivity contribution in [2.75, 3.05) is 0 Å². The Balaban J connectivity index is 2.03. The van der Waals surface area contributed by atoms with E-state index in [1.807, 2.05) is 0 Å². The minimum Gasteiger partial charge on any atom is -0.327 e. The first kappa shape index (κ1) is 12.5. The SMILES string of the molecule is CC1CCC(C(N)Cc2cccc(F)c2F)C1. The van der Waals surface area contributed by atoms with E-state index in [2.05, 4.69) is 6.92 Å². The van der Waals surface area contributed by atoms with Crippen LogP contribution >= 0.6 is 0 Å². The molecule has 0 spiro atoms. The maximum absolute atomic E-state index is 13.5. The highest BCUT2D eigenvalue weighted by Crippen LogP contribution is 2.33. The summed E-state index contributed by atoms with van der Waals surface area (Å²) in [4.78, 5) is 0. The minimum atomic E-state index is -0.783. The van der Waals surface area contributed by atoms with E-state index in [0.29, 0.717) is 23.8 Å². The second-order valence-electron chi connectivity index (χ2n) is 5.26. The van der Waals surface area contributed by atoms with Crippen LogP contribution in [0.15, 0.2) is 18.2 Å². The van der Waals surface area contributed by atoms with Crippen molar-refractivity contribution < 1.29 is 8.78 Å². The quantitative estimate of drug-likeness (QED) is 0.860. The second kappa shape index (κ2) is 5.13. The van der Waals surface area contributed by atoms with E-state index in [4.69, 9.17) is 5.73 Å². The summed E-state index contributed by atoms with van der Waals surface area (Å²) in [6.45, 7) is 2.22. The first-order valence-corrected chi connectivity index (χ1v) is 6.26. The summed E-state index contributed by atoms with van der Waals surface area (Å²) < 4.78 is 26.5. The van der Waals surface area contributed by atoms with Crippen molar-refractivity contribution in [1.82, 2.24) is 0 Å². The molecule has 0 amide bonds. The molecule has 94 valence electrons. The van der Waals surface area contributed by atoms with E-state index in [9.17, 15) is 8.78 Å². The Morgan fingerprint density at radius 1 is 1.35 bits per heavy atom. The van der Waals surface area contributed by atoms with Crippen molar-refractivity contribution in [3.05, 3.63) is 35.4 Å². The molecule has 0 saturated heterocycles. The number of rotatable bonds is 3. The van der Waals surface area contributed by atoms with Crippen LogP contribution in [0.4, 0.5) is 8.78 Å². The molecule has 0 aliphatic heterocycles. The molecule has 0 aromatic heterocycles. The first-order valence-electron chi connectivity index (χ1n) is 6.26. The van der Waals surface area contributed by atoms with Crippen LogP contribution in [-0.2, 0) is 6.42 Å². The zero-order valence-corrected chi connectivity index (χ0v) is 10.1. The smallest absolute Gasteiger partial charge is 0.162 e. The Morgan fingerprint density at radius 2 is 2.12 bits per heavy atom. The number of hydrogen-bond acceptors (Lipinski definition) is 1. The average molecular weight is 239 g/mol. The van der Waals surface area contributed by atoms with Crippen molar-refractivity contribution in [2.45, 2.75) is 38.6 Å². The van der Waals surface area contributed by atoms with Crippen LogP contribution < -0.4 is 5.73 Å². The lowest BCUT2D eigenvalue weighted by Crippen LogP contribution is -2.31. The maximum atomic E-state index is 13.5. The van der Waals surface area contributed by atoms with Gasteiger partial charge in [-0.25, -0.2) is 8.78 Å². The van der Waals surface area contributed by atoms with Crippen molar-refractivity contribution in [1.29, 1.82) is 0 Å². The fourth-order valence-corrected chi connectivity index (χ4v) is 2.77. The van der Waals surface area contributed by atoms with E-state index in [1.54, 1.807) is 6.07 Å². The molecule has 1 aliphatic carbocycles. The Bertz CT molecular complexity index is 392. The van der Waals surface area contributed by atoms with Crippen LogP contribution in [-0.4, -0.2) is 6.04 Å². The van der Waals surface area contributed by atoms with Gasteiger partial charge in [-0.1, -0.05) is 25.5 Å². The van der Waals surface area contributed by atoms with Crippen LogP contribution in [0, 0.1) is 23.5 Å². The van der Waals surface area contributed by atoms with Crippen LogP contribution in [0.3, 0.4) is 0 Å². The molecule has 0 bridgehead atoms. The van der Waals surface area contributed by atoms with Gasteiger partial charge in [0.25, 0.3) is 0 Å². The molecule has 1 nitrogen and oxygen atoms in total. The number of benzene rings is 1. The summed E-state index contributed by atoms with van der Waals surface area (Å²) in [5.41, 5.74) is 6.50. The fraction of sp³-hybridized carbons (Fsp3) is 0.571. The van der Waals surface area contributed by atoms with Gasteiger partial charge in [0.2, 0.25) is 0 Å². The fourth-order valence-electron chi connectivity index (χ4n) is 2.77. The molecule has 2 N–H and O–H groups in total. The molecule has 0 radical (unpaired) electrons. The zero-order valence-electron chi connectivity index (χ0n) is 10.1. The Labute approximate surface area is 101 Å². The molecule has 17 heavy (non-hydrogen) atoms. The van der Waals surface area contributed by atoms with Gasteiger partial charge in [-0.15, -0.1) is 0 Å². The summed E-state index contributed by atoms with van der Waals surface area (Å²) in [7, 11) is 0. The standard InChI is InChI=1S/C14H19F2N/c1-9-5-6-10(7-9)13(17)8-11-3-2-4-12(15)14(11)16/h2-4,9-10,13H,5-8,17H2,1H3.